The van der Waals surface area contributed by atoms with E-state index in [1.807, 2.05) is 30.3 Å². The van der Waals surface area contributed by atoms with Crippen molar-refractivity contribution < 1.29 is 4.79 Å². The summed E-state index contributed by atoms with van der Waals surface area (Å²) in [6, 6.07) is 18.2. The Hall–Kier alpha value is -2.49. The molecule has 25 heavy (non-hydrogen) atoms. The molecular formula is C21H27N3O. The molecule has 0 unspecified atom stereocenters. The van der Waals surface area contributed by atoms with E-state index < -0.39 is 0 Å². The van der Waals surface area contributed by atoms with Gasteiger partial charge < -0.3 is 15.5 Å². The molecule has 1 saturated carbocycles. The van der Waals surface area contributed by atoms with E-state index in [9.17, 15) is 4.79 Å². The summed E-state index contributed by atoms with van der Waals surface area (Å²) < 4.78 is 0. The second kappa shape index (κ2) is 7.60. The molecule has 2 aromatic rings. The van der Waals surface area contributed by atoms with Gasteiger partial charge in [-0.2, -0.15) is 0 Å². The molecule has 3 rings (SSSR count). The zero-order valence-corrected chi connectivity index (χ0v) is 15.1. The summed E-state index contributed by atoms with van der Waals surface area (Å²) in [4.78, 5) is 14.4. The maximum atomic E-state index is 12.3. The monoisotopic (exact) mass is 337 g/mol. The molecule has 4 nitrogen and oxygen atoms in total. The van der Waals surface area contributed by atoms with Crippen LogP contribution in [-0.4, -0.2) is 26.7 Å². The molecule has 2 N–H and O–H groups in total. The second-order valence-corrected chi connectivity index (χ2v) is 7.10. The van der Waals surface area contributed by atoms with Gasteiger partial charge in [-0.3, -0.25) is 0 Å². The van der Waals surface area contributed by atoms with E-state index in [1.54, 1.807) is 0 Å². The average Bonchev–Trinajstić information content (AvgIpc) is 3.11. The van der Waals surface area contributed by atoms with E-state index in [0.717, 1.165) is 18.5 Å². The Morgan fingerprint density at radius 1 is 1.00 bits per heavy atom. The van der Waals surface area contributed by atoms with Crippen LogP contribution in [0.3, 0.4) is 0 Å². The largest absolute Gasteiger partial charge is 0.378 e. The van der Waals surface area contributed by atoms with Crippen LogP contribution in [0.5, 0.6) is 0 Å². The first-order chi connectivity index (χ1) is 12.1. The summed E-state index contributed by atoms with van der Waals surface area (Å²) in [7, 11) is 4.10. The summed E-state index contributed by atoms with van der Waals surface area (Å²) in [6.07, 6.45) is 4.69. The van der Waals surface area contributed by atoms with E-state index in [0.29, 0.717) is 6.54 Å². The van der Waals surface area contributed by atoms with Crippen LogP contribution in [0.2, 0.25) is 0 Å². The Kier molecular flexibility index (Phi) is 5.27. The highest BCUT2D eigenvalue weighted by molar-refractivity contribution is 5.89. The number of carbonyl (C=O) groups is 1. The molecule has 1 fully saturated rings. The molecule has 2 aromatic carbocycles. The summed E-state index contributed by atoms with van der Waals surface area (Å²) in [6.45, 7) is 0.674. The van der Waals surface area contributed by atoms with Crippen LogP contribution < -0.4 is 15.5 Å². The Morgan fingerprint density at radius 2 is 1.64 bits per heavy atom. The number of carbonyl (C=O) groups excluding carboxylic acids is 1. The standard InChI is InChI=1S/C21H27N3O/c1-24(2)19-12-10-17(11-13-19)21(14-6-7-15-21)16-22-20(25)23-18-8-4-3-5-9-18/h3-5,8-13H,6-7,14-16H2,1-2H3,(H2,22,23,25). The third kappa shape index (κ3) is 4.13. The Labute approximate surface area is 150 Å². The fraction of sp³-hybridized carbons (Fsp3) is 0.381. The van der Waals surface area contributed by atoms with Crippen LogP contribution in [-0.2, 0) is 5.41 Å². The number of rotatable bonds is 5. The lowest BCUT2D eigenvalue weighted by Gasteiger charge is -2.30. The first kappa shape index (κ1) is 17.3. The van der Waals surface area contributed by atoms with Gasteiger partial charge in [-0.1, -0.05) is 43.2 Å². The molecule has 0 heterocycles. The molecule has 1 aliphatic carbocycles. The smallest absolute Gasteiger partial charge is 0.319 e. The van der Waals surface area contributed by atoms with Crippen LogP contribution >= 0.6 is 0 Å². The molecule has 4 heteroatoms. The highest BCUT2D eigenvalue weighted by atomic mass is 16.2. The fourth-order valence-electron chi connectivity index (χ4n) is 3.68. The number of anilines is 2. The first-order valence-electron chi connectivity index (χ1n) is 8.97. The second-order valence-electron chi connectivity index (χ2n) is 7.10. The van der Waals surface area contributed by atoms with Gasteiger partial charge >= 0.3 is 6.03 Å². The lowest BCUT2D eigenvalue weighted by atomic mass is 9.78. The molecule has 0 aromatic heterocycles. The topological polar surface area (TPSA) is 44.4 Å². The molecule has 0 spiro atoms. The van der Waals surface area contributed by atoms with Crippen molar-refractivity contribution in [3.05, 3.63) is 60.2 Å². The number of amides is 2. The van der Waals surface area contributed by atoms with Crippen molar-refractivity contribution in [1.82, 2.24) is 5.32 Å². The minimum Gasteiger partial charge on any atom is -0.378 e. The predicted octanol–water partition coefficient (Wildman–Crippen LogP) is 4.39. The maximum Gasteiger partial charge on any atom is 0.319 e. The molecule has 0 bridgehead atoms. The normalized spacial score (nSPS) is 15.6. The van der Waals surface area contributed by atoms with Crippen LogP contribution in [0.4, 0.5) is 16.2 Å². The van der Waals surface area contributed by atoms with Gasteiger partial charge in [-0.05, 0) is 42.7 Å². The molecule has 2 amide bonds. The van der Waals surface area contributed by atoms with Crippen LogP contribution in [0.1, 0.15) is 31.2 Å². The summed E-state index contributed by atoms with van der Waals surface area (Å²) >= 11 is 0. The van der Waals surface area contributed by atoms with Crippen LogP contribution in [0, 0.1) is 0 Å². The zero-order valence-electron chi connectivity index (χ0n) is 15.1. The van der Waals surface area contributed by atoms with E-state index in [-0.39, 0.29) is 11.4 Å². The van der Waals surface area contributed by atoms with Gasteiger partial charge in [0.25, 0.3) is 0 Å². The number of benzene rings is 2. The Bertz CT molecular complexity index is 689. The Balaban J connectivity index is 1.67. The van der Waals surface area contributed by atoms with E-state index in [4.69, 9.17) is 0 Å². The number of nitrogens with one attached hydrogen (secondary N) is 2. The third-order valence-corrected chi connectivity index (χ3v) is 5.18. The minimum atomic E-state index is -0.137. The van der Waals surface area contributed by atoms with Crippen molar-refractivity contribution in [3.63, 3.8) is 0 Å². The summed E-state index contributed by atoms with van der Waals surface area (Å²) in [5.41, 5.74) is 3.40. The highest BCUT2D eigenvalue weighted by Crippen LogP contribution is 2.41. The highest BCUT2D eigenvalue weighted by Gasteiger charge is 2.35. The minimum absolute atomic E-state index is 0.0544. The molecular weight excluding hydrogens is 310 g/mol. The quantitative estimate of drug-likeness (QED) is 0.850. The van der Waals surface area contributed by atoms with Crippen molar-refractivity contribution in [3.8, 4) is 0 Å². The van der Waals surface area contributed by atoms with Gasteiger partial charge in [-0.25, -0.2) is 4.79 Å². The van der Waals surface area contributed by atoms with Gasteiger partial charge in [0.15, 0.2) is 0 Å². The van der Waals surface area contributed by atoms with Gasteiger partial charge in [0.05, 0.1) is 0 Å². The third-order valence-electron chi connectivity index (χ3n) is 5.18. The Morgan fingerprint density at radius 3 is 2.24 bits per heavy atom. The molecule has 1 aliphatic rings. The number of hydrogen-bond acceptors (Lipinski definition) is 2. The van der Waals surface area contributed by atoms with Gasteiger partial charge in [0.1, 0.15) is 0 Å². The van der Waals surface area contributed by atoms with Crippen molar-refractivity contribution in [1.29, 1.82) is 0 Å². The van der Waals surface area contributed by atoms with Crippen LogP contribution in [0.25, 0.3) is 0 Å². The summed E-state index contributed by atoms with van der Waals surface area (Å²) in [5.74, 6) is 0. The van der Waals surface area contributed by atoms with Crippen molar-refractivity contribution in [2.75, 3.05) is 30.9 Å². The number of hydrogen-bond donors (Lipinski definition) is 2. The SMILES string of the molecule is CN(C)c1ccc(C2(CNC(=O)Nc3ccccc3)CCCC2)cc1. The van der Waals surface area contributed by atoms with Crippen molar-refractivity contribution in [2.24, 2.45) is 0 Å². The molecule has 0 atom stereocenters. The van der Waals surface area contributed by atoms with E-state index >= 15 is 0 Å². The van der Waals surface area contributed by atoms with Crippen molar-refractivity contribution in [2.45, 2.75) is 31.1 Å². The molecule has 0 aliphatic heterocycles. The lowest BCUT2D eigenvalue weighted by molar-refractivity contribution is 0.248. The van der Waals surface area contributed by atoms with E-state index in [1.165, 1.54) is 24.1 Å². The number of para-hydroxylation sites is 1. The maximum absolute atomic E-state index is 12.3. The fourth-order valence-corrected chi connectivity index (χ4v) is 3.68. The van der Waals surface area contributed by atoms with E-state index in [2.05, 4.69) is 53.9 Å². The lowest BCUT2D eigenvalue weighted by Crippen LogP contribution is -2.40. The van der Waals surface area contributed by atoms with Gasteiger partial charge in [-0.15, -0.1) is 0 Å². The molecule has 0 radical (unpaired) electrons. The van der Waals surface area contributed by atoms with Gasteiger partial charge in [0, 0.05) is 37.4 Å². The van der Waals surface area contributed by atoms with Crippen molar-refractivity contribution >= 4 is 17.4 Å². The summed E-state index contributed by atoms with van der Waals surface area (Å²) in [5, 5.41) is 5.99. The average molecular weight is 337 g/mol. The van der Waals surface area contributed by atoms with Crippen LogP contribution in [0.15, 0.2) is 54.6 Å². The molecule has 0 saturated heterocycles. The molecule has 132 valence electrons. The number of nitrogens with zero attached hydrogens (tertiary/aromatic N) is 1. The first-order valence-corrected chi connectivity index (χ1v) is 8.97. The predicted molar refractivity (Wildman–Crippen MR) is 104 cm³/mol. The number of urea groups is 1. The zero-order chi connectivity index (χ0) is 17.7. The van der Waals surface area contributed by atoms with Gasteiger partial charge in [0.2, 0.25) is 0 Å².